The molecule has 11 heteroatoms. The fourth-order valence-electron chi connectivity index (χ4n) is 3.60. The van der Waals surface area contributed by atoms with Crippen LogP contribution in [0.1, 0.15) is 11.1 Å². The van der Waals surface area contributed by atoms with Gasteiger partial charge in [0.2, 0.25) is 0 Å². The molecule has 9 nitrogen and oxygen atoms in total. The SMILES string of the molecule is COc1cc(/C=C2\C(=O)NC(=O)N(c3ccc(C)c(Cl)c3)C2=O)cc(Br)c1OCC(=O)Nc1ccccc1. The van der Waals surface area contributed by atoms with Crippen molar-refractivity contribution in [3.8, 4) is 11.5 Å². The molecular formula is C27H21BrClN3O6. The van der Waals surface area contributed by atoms with Gasteiger partial charge in [0, 0.05) is 10.7 Å². The molecule has 1 aliphatic rings. The molecule has 194 valence electrons. The van der Waals surface area contributed by atoms with Crippen LogP contribution < -0.4 is 25.0 Å². The molecule has 1 saturated heterocycles. The lowest BCUT2D eigenvalue weighted by atomic mass is 10.1. The van der Waals surface area contributed by atoms with Crippen molar-refractivity contribution in [2.45, 2.75) is 6.92 Å². The highest BCUT2D eigenvalue weighted by Gasteiger charge is 2.37. The Kier molecular flexibility index (Phi) is 8.13. The summed E-state index contributed by atoms with van der Waals surface area (Å²) in [6.07, 6.45) is 1.33. The normalized spacial score (nSPS) is 14.4. The Morgan fingerprint density at radius 1 is 1.11 bits per heavy atom. The molecule has 0 aliphatic carbocycles. The number of aryl methyl sites for hydroxylation is 1. The summed E-state index contributed by atoms with van der Waals surface area (Å²) in [5.41, 5.74) is 1.75. The Morgan fingerprint density at radius 2 is 1.84 bits per heavy atom. The largest absolute Gasteiger partial charge is 0.493 e. The van der Waals surface area contributed by atoms with Crippen LogP contribution in [0.2, 0.25) is 5.02 Å². The monoisotopic (exact) mass is 597 g/mol. The first kappa shape index (κ1) is 26.9. The zero-order valence-electron chi connectivity index (χ0n) is 20.2. The number of hydrogen-bond donors (Lipinski definition) is 2. The first-order valence-electron chi connectivity index (χ1n) is 11.2. The van der Waals surface area contributed by atoms with Gasteiger partial charge in [0.1, 0.15) is 5.57 Å². The van der Waals surface area contributed by atoms with E-state index in [1.54, 1.807) is 49.4 Å². The lowest BCUT2D eigenvalue weighted by Gasteiger charge is -2.26. The number of amides is 5. The minimum absolute atomic E-state index is 0.220. The van der Waals surface area contributed by atoms with Crippen LogP contribution in [-0.4, -0.2) is 37.5 Å². The fraction of sp³-hybridized carbons (Fsp3) is 0.111. The van der Waals surface area contributed by atoms with Gasteiger partial charge in [-0.05, 0) is 76.5 Å². The minimum Gasteiger partial charge on any atom is -0.493 e. The molecule has 0 spiro atoms. The van der Waals surface area contributed by atoms with Gasteiger partial charge < -0.3 is 14.8 Å². The fourth-order valence-corrected chi connectivity index (χ4v) is 4.35. The van der Waals surface area contributed by atoms with E-state index in [-0.39, 0.29) is 35.3 Å². The summed E-state index contributed by atoms with van der Waals surface area (Å²) in [4.78, 5) is 51.4. The number of imide groups is 2. The van der Waals surface area contributed by atoms with Gasteiger partial charge in [0.25, 0.3) is 17.7 Å². The zero-order valence-corrected chi connectivity index (χ0v) is 22.6. The lowest BCUT2D eigenvalue weighted by molar-refractivity contribution is -0.122. The Morgan fingerprint density at radius 3 is 2.53 bits per heavy atom. The predicted molar refractivity (Wildman–Crippen MR) is 146 cm³/mol. The van der Waals surface area contributed by atoms with Gasteiger partial charge in [0.15, 0.2) is 18.1 Å². The van der Waals surface area contributed by atoms with Crippen LogP contribution in [0.4, 0.5) is 16.2 Å². The van der Waals surface area contributed by atoms with Crippen molar-refractivity contribution in [1.29, 1.82) is 0 Å². The number of carbonyl (C=O) groups is 4. The second kappa shape index (κ2) is 11.5. The summed E-state index contributed by atoms with van der Waals surface area (Å²) in [6.45, 7) is 1.49. The van der Waals surface area contributed by atoms with Gasteiger partial charge in [-0.3, -0.25) is 19.7 Å². The van der Waals surface area contributed by atoms with E-state index < -0.39 is 17.8 Å². The molecule has 38 heavy (non-hydrogen) atoms. The number of urea groups is 1. The number of hydrogen-bond acceptors (Lipinski definition) is 6. The van der Waals surface area contributed by atoms with Crippen LogP contribution in [-0.2, 0) is 14.4 Å². The second-order valence-electron chi connectivity index (χ2n) is 8.13. The number of nitrogens with one attached hydrogen (secondary N) is 2. The molecular weight excluding hydrogens is 578 g/mol. The molecule has 0 saturated carbocycles. The van der Waals surface area contributed by atoms with Gasteiger partial charge >= 0.3 is 6.03 Å². The number of para-hydroxylation sites is 1. The van der Waals surface area contributed by atoms with E-state index in [0.29, 0.717) is 20.7 Å². The highest BCUT2D eigenvalue weighted by atomic mass is 79.9. The highest BCUT2D eigenvalue weighted by molar-refractivity contribution is 9.10. The first-order valence-corrected chi connectivity index (χ1v) is 12.4. The lowest BCUT2D eigenvalue weighted by Crippen LogP contribution is -2.54. The van der Waals surface area contributed by atoms with Gasteiger partial charge in [0.05, 0.1) is 17.3 Å². The Balaban J connectivity index is 1.58. The molecule has 3 aromatic rings. The summed E-state index contributed by atoms with van der Waals surface area (Å²) in [7, 11) is 1.41. The maximum absolute atomic E-state index is 13.2. The predicted octanol–water partition coefficient (Wildman–Crippen LogP) is 5.10. The van der Waals surface area contributed by atoms with Crippen molar-refractivity contribution in [1.82, 2.24) is 5.32 Å². The number of barbiturate groups is 1. The average Bonchev–Trinajstić information content (AvgIpc) is 2.88. The molecule has 1 aliphatic heterocycles. The van der Waals surface area contributed by atoms with E-state index >= 15 is 0 Å². The topological polar surface area (TPSA) is 114 Å². The molecule has 0 radical (unpaired) electrons. The molecule has 0 unspecified atom stereocenters. The molecule has 0 bridgehead atoms. The number of halogens is 2. The van der Waals surface area contributed by atoms with Gasteiger partial charge in [-0.25, -0.2) is 9.69 Å². The summed E-state index contributed by atoms with van der Waals surface area (Å²) in [5, 5.41) is 5.26. The van der Waals surface area contributed by atoms with E-state index in [2.05, 4.69) is 26.6 Å². The molecule has 5 amide bonds. The van der Waals surface area contributed by atoms with E-state index in [1.165, 1.54) is 25.3 Å². The number of nitrogens with zero attached hydrogens (tertiary/aromatic N) is 1. The molecule has 0 aromatic heterocycles. The molecule has 1 fully saturated rings. The Bertz CT molecular complexity index is 1480. The average molecular weight is 599 g/mol. The van der Waals surface area contributed by atoms with E-state index in [1.807, 2.05) is 6.07 Å². The van der Waals surface area contributed by atoms with Crippen molar-refractivity contribution in [3.05, 3.63) is 86.9 Å². The number of rotatable bonds is 7. The summed E-state index contributed by atoms with van der Waals surface area (Å²) in [6, 6.07) is 15.9. The van der Waals surface area contributed by atoms with Crippen LogP contribution >= 0.6 is 27.5 Å². The van der Waals surface area contributed by atoms with Crippen LogP contribution in [0.3, 0.4) is 0 Å². The number of ether oxygens (including phenoxy) is 2. The van der Waals surface area contributed by atoms with Crippen molar-refractivity contribution in [3.63, 3.8) is 0 Å². The molecule has 0 atom stereocenters. The van der Waals surface area contributed by atoms with E-state index in [4.69, 9.17) is 21.1 Å². The van der Waals surface area contributed by atoms with Crippen molar-refractivity contribution in [2.75, 3.05) is 23.9 Å². The third-order valence-corrected chi connectivity index (χ3v) is 6.48. The van der Waals surface area contributed by atoms with Crippen molar-refractivity contribution < 1.29 is 28.7 Å². The summed E-state index contributed by atoms with van der Waals surface area (Å²) in [5.74, 6) is -1.53. The molecule has 4 rings (SSSR count). The molecule has 2 N–H and O–H groups in total. The second-order valence-corrected chi connectivity index (χ2v) is 9.39. The Hall–Kier alpha value is -4.15. The number of methoxy groups -OCH3 is 1. The number of carbonyl (C=O) groups excluding carboxylic acids is 4. The minimum atomic E-state index is -0.881. The zero-order chi connectivity index (χ0) is 27.4. The quantitative estimate of drug-likeness (QED) is 0.289. The van der Waals surface area contributed by atoms with E-state index in [0.717, 1.165) is 10.5 Å². The third kappa shape index (κ3) is 5.87. The van der Waals surface area contributed by atoms with Crippen LogP contribution in [0.25, 0.3) is 6.08 Å². The first-order chi connectivity index (χ1) is 18.2. The highest BCUT2D eigenvalue weighted by Crippen LogP contribution is 2.37. The van der Waals surface area contributed by atoms with Crippen molar-refractivity contribution in [2.24, 2.45) is 0 Å². The smallest absolute Gasteiger partial charge is 0.335 e. The van der Waals surface area contributed by atoms with Gasteiger partial charge in [-0.15, -0.1) is 0 Å². The van der Waals surface area contributed by atoms with E-state index in [9.17, 15) is 19.2 Å². The van der Waals surface area contributed by atoms with Gasteiger partial charge in [-0.2, -0.15) is 0 Å². The number of benzene rings is 3. The van der Waals surface area contributed by atoms with Gasteiger partial charge in [-0.1, -0.05) is 35.9 Å². The van der Waals surface area contributed by atoms with Crippen LogP contribution in [0.15, 0.2) is 70.7 Å². The summed E-state index contributed by atoms with van der Waals surface area (Å²) >= 11 is 9.56. The maximum Gasteiger partial charge on any atom is 0.335 e. The Labute approximate surface area is 231 Å². The number of anilines is 2. The summed E-state index contributed by atoms with van der Waals surface area (Å²) < 4.78 is 11.5. The molecule has 1 heterocycles. The maximum atomic E-state index is 13.2. The standard InChI is InChI=1S/C27H21BrClN3O6/c1-15-8-9-18(13-21(15)29)32-26(35)19(25(34)31-27(32)36)10-16-11-20(28)24(22(12-16)37-2)38-14-23(33)30-17-6-4-3-5-7-17/h3-13H,14H2,1-2H3,(H,30,33)(H,31,34,36)/b19-10+. The van der Waals surface area contributed by atoms with Crippen molar-refractivity contribution >= 4 is 68.7 Å². The third-order valence-electron chi connectivity index (χ3n) is 5.48. The van der Waals surface area contributed by atoms with Crippen LogP contribution in [0, 0.1) is 6.92 Å². The molecule has 3 aromatic carbocycles. The van der Waals surface area contributed by atoms with Crippen LogP contribution in [0.5, 0.6) is 11.5 Å².